The second-order valence-corrected chi connectivity index (χ2v) is 12.3. The predicted octanol–water partition coefficient (Wildman–Crippen LogP) is 13.6. The minimum absolute atomic E-state index is 0.226. The molecule has 0 aliphatic carbocycles. The highest BCUT2D eigenvalue weighted by Gasteiger charge is 1.98. The molecule has 0 aromatic rings. The van der Waals surface area contributed by atoms with Crippen LogP contribution in [0.3, 0.4) is 0 Å². The van der Waals surface area contributed by atoms with E-state index < -0.39 is 0 Å². The second kappa shape index (κ2) is 36.7. The summed E-state index contributed by atoms with van der Waals surface area (Å²) in [5.74, 6) is -0.226. The van der Waals surface area contributed by atoms with Gasteiger partial charge in [-0.25, -0.2) is 4.79 Å². The number of rotatable bonds is 33. The molecule has 0 heterocycles. The summed E-state index contributed by atoms with van der Waals surface area (Å²) >= 11 is 0. The normalized spacial score (nSPS) is 12.0. The van der Waals surface area contributed by atoms with Crippen LogP contribution in [0.5, 0.6) is 0 Å². The Bertz CT molecular complexity index is 588. The van der Waals surface area contributed by atoms with E-state index in [1.165, 1.54) is 179 Å². The summed E-state index contributed by atoms with van der Waals surface area (Å²) in [6.45, 7) is 5.12. The first kappa shape index (κ1) is 39.7. The van der Waals surface area contributed by atoms with Crippen molar-refractivity contribution in [2.24, 2.45) is 0 Å². The smallest absolute Gasteiger partial charge is 0.330 e. The lowest BCUT2D eigenvalue weighted by molar-refractivity contribution is -0.137. The van der Waals surface area contributed by atoms with E-state index in [4.69, 9.17) is 4.74 Å². The molecule has 0 aliphatic heterocycles. The SMILES string of the molecule is CCCCCCCCCCCCCC=CC=CC=CC(=O)OCCCCCCCCCCCCCCCCCCC. The molecule has 0 aromatic carbocycles. The summed E-state index contributed by atoms with van der Waals surface area (Å²) in [6.07, 6.45) is 51.1. The van der Waals surface area contributed by atoms with E-state index in [9.17, 15) is 4.79 Å². The van der Waals surface area contributed by atoms with Crippen molar-refractivity contribution in [2.75, 3.05) is 6.61 Å². The van der Waals surface area contributed by atoms with Crippen LogP contribution in [0.1, 0.15) is 200 Å². The molecule has 240 valence electrons. The van der Waals surface area contributed by atoms with Gasteiger partial charge in [-0.1, -0.05) is 211 Å². The Balaban J connectivity index is 3.33. The zero-order chi connectivity index (χ0) is 29.7. The van der Waals surface area contributed by atoms with Crippen molar-refractivity contribution in [1.29, 1.82) is 0 Å². The van der Waals surface area contributed by atoms with E-state index in [0.717, 1.165) is 12.8 Å². The Morgan fingerprint density at radius 3 is 1.17 bits per heavy atom. The van der Waals surface area contributed by atoms with Crippen molar-refractivity contribution < 1.29 is 9.53 Å². The van der Waals surface area contributed by atoms with Crippen LogP contribution in [-0.4, -0.2) is 12.6 Å². The van der Waals surface area contributed by atoms with Gasteiger partial charge in [0.15, 0.2) is 0 Å². The Hall–Kier alpha value is -1.31. The first-order valence-corrected chi connectivity index (χ1v) is 18.5. The molecular weight excluding hydrogens is 500 g/mol. The molecule has 41 heavy (non-hydrogen) atoms. The molecule has 0 saturated heterocycles. The van der Waals surface area contributed by atoms with Gasteiger partial charge < -0.3 is 4.74 Å². The fraction of sp³-hybridized carbons (Fsp3) is 0.821. The van der Waals surface area contributed by atoms with Gasteiger partial charge in [-0.05, 0) is 19.3 Å². The Kier molecular flexibility index (Phi) is 35.5. The first-order chi connectivity index (χ1) is 20.3. The van der Waals surface area contributed by atoms with Gasteiger partial charge in [-0.2, -0.15) is 0 Å². The third-order valence-electron chi connectivity index (χ3n) is 8.17. The zero-order valence-electron chi connectivity index (χ0n) is 28.0. The molecule has 0 saturated carbocycles. The van der Waals surface area contributed by atoms with E-state index >= 15 is 0 Å². The van der Waals surface area contributed by atoms with Crippen molar-refractivity contribution in [3.8, 4) is 0 Å². The first-order valence-electron chi connectivity index (χ1n) is 18.5. The lowest BCUT2D eigenvalue weighted by atomic mass is 10.0. The zero-order valence-corrected chi connectivity index (χ0v) is 28.0. The number of carbonyl (C=O) groups is 1. The monoisotopic (exact) mass is 573 g/mol. The molecule has 0 N–H and O–H groups in total. The summed E-state index contributed by atoms with van der Waals surface area (Å²) < 4.78 is 5.32. The van der Waals surface area contributed by atoms with Gasteiger partial charge in [0.25, 0.3) is 0 Å². The fourth-order valence-corrected chi connectivity index (χ4v) is 5.41. The number of hydrogen-bond acceptors (Lipinski definition) is 2. The van der Waals surface area contributed by atoms with Crippen LogP contribution in [0.4, 0.5) is 0 Å². The maximum atomic E-state index is 11.8. The molecule has 0 atom stereocenters. The number of esters is 1. The summed E-state index contributed by atoms with van der Waals surface area (Å²) in [5, 5.41) is 0. The molecule has 0 amide bonds. The average Bonchev–Trinajstić information content (AvgIpc) is 2.98. The summed E-state index contributed by atoms with van der Waals surface area (Å²) in [7, 11) is 0. The van der Waals surface area contributed by atoms with Crippen molar-refractivity contribution in [2.45, 2.75) is 200 Å². The lowest BCUT2D eigenvalue weighted by Crippen LogP contribution is -2.02. The Morgan fingerprint density at radius 2 is 0.756 bits per heavy atom. The molecule has 0 unspecified atom stereocenters. The van der Waals surface area contributed by atoms with Gasteiger partial charge in [-0.15, -0.1) is 0 Å². The molecule has 0 aliphatic rings. The van der Waals surface area contributed by atoms with Gasteiger partial charge in [0.1, 0.15) is 0 Å². The fourth-order valence-electron chi connectivity index (χ4n) is 5.41. The number of ether oxygens (including phenoxy) is 1. The molecule has 0 radical (unpaired) electrons. The van der Waals surface area contributed by atoms with Crippen LogP contribution in [0.25, 0.3) is 0 Å². The largest absolute Gasteiger partial charge is 0.463 e. The van der Waals surface area contributed by atoms with Gasteiger partial charge in [0, 0.05) is 6.08 Å². The van der Waals surface area contributed by atoms with E-state index in [2.05, 4.69) is 26.0 Å². The third-order valence-corrected chi connectivity index (χ3v) is 8.17. The highest BCUT2D eigenvalue weighted by atomic mass is 16.5. The summed E-state index contributed by atoms with van der Waals surface area (Å²) in [5.41, 5.74) is 0. The van der Waals surface area contributed by atoms with E-state index in [1.807, 2.05) is 12.2 Å². The van der Waals surface area contributed by atoms with Crippen LogP contribution in [0.15, 0.2) is 36.5 Å². The molecule has 0 fully saturated rings. The van der Waals surface area contributed by atoms with E-state index in [1.54, 1.807) is 6.08 Å². The van der Waals surface area contributed by atoms with Crippen LogP contribution in [0, 0.1) is 0 Å². The van der Waals surface area contributed by atoms with E-state index in [0.29, 0.717) is 6.61 Å². The lowest BCUT2D eigenvalue weighted by Gasteiger charge is -2.04. The maximum absolute atomic E-state index is 11.8. The summed E-state index contributed by atoms with van der Waals surface area (Å²) in [6, 6.07) is 0. The van der Waals surface area contributed by atoms with Gasteiger partial charge in [0.05, 0.1) is 6.61 Å². The molecule has 2 heteroatoms. The number of carbonyl (C=O) groups excluding carboxylic acids is 1. The third kappa shape index (κ3) is 36.7. The Morgan fingerprint density at radius 1 is 0.415 bits per heavy atom. The van der Waals surface area contributed by atoms with Gasteiger partial charge in [0.2, 0.25) is 0 Å². The number of hydrogen-bond donors (Lipinski definition) is 0. The second-order valence-electron chi connectivity index (χ2n) is 12.3. The molecule has 0 spiro atoms. The van der Waals surface area contributed by atoms with Crippen LogP contribution < -0.4 is 0 Å². The molecule has 0 rings (SSSR count). The predicted molar refractivity (Wildman–Crippen MR) is 184 cm³/mol. The minimum Gasteiger partial charge on any atom is -0.463 e. The number of allylic oxidation sites excluding steroid dienone is 5. The number of unbranched alkanes of at least 4 members (excludes halogenated alkanes) is 27. The maximum Gasteiger partial charge on any atom is 0.330 e. The molecule has 0 bridgehead atoms. The average molecular weight is 573 g/mol. The quantitative estimate of drug-likeness (QED) is 0.0338. The molecule has 2 nitrogen and oxygen atoms in total. The Labute approximate surface area is 258 Å². The van der Waals surface area contributed by atoms with Crippen LogP contribution in [-0.2, 0) is 9.53 Å². The van der Waals surface area contributed by atoms with Crippen LogP contribution >= 0.6 is 0 Å². The summed E-state index contributed by atoms with van der Waals surface area (Å²) in [4.78, 5) is 11.8. The van der Waals surface area contributed by atoms with Gasteiger partial charge in [-0.3, -0.25) is 0 Å². The van der Waals surface area contributed by atoms with Crippen molar-refractivity contribution in [3.05, 3.63) is 36.5 Å². The molecular formula is C39H72O2. The molecule has 0 aromatic heterocycles. The standard InChI is InChI=1S/C39H72O2/c1-3-5-7-9-11-13-15-17-19-21-23-25-27-29-31-33-35-37-39(40)41-38-36-34-32-30-28-26-24-22-20-18-16-14-12-10-8-6-4-2/h27,29,31,33,35,37H,3-26,28,30,32,34,36,38H2,1-2H3. The van der Waals surface area contributed by atoms with Crippen LogP contribution in [0.2, 0.25) is 0 Å². The van der Waals surface area contributed by atoms with Crippen molar-refractivity contribution in [1.82, 2.24) is 0 Å². The topological polar surface area (TPSA) is 26.3 Å². The van der Waals surface area contributed by atoms with E-state index in [-0.39, 0.29) is 5.97 Å². The van der Waals surface area contributed by atoms with Gasteiger partial charge >= 0.3 is 5.97 Å². The van der Waals surface area contributed by atoms with Crippen molar-refractivity contribution in [3.63, 3.8) is 0 Å². The highest BCUT2D eigenvalue weighted by molar-refractivity contribution is 5.82. The van der Waals surface area contributed by atoms with Crippen molar-refractivity contribution >= 4 is 5.97 Å². The minimum atomic E-state index is -0.226. The highest BCUT2D eigenvalue weighted by Crippen LogP contribution is 2.14.